The summed E-state index contributed by atoms with van der Waals surface area (Å²) in [6, 6.07) is 10.5. The molecule has 6 heteroatoms. The van der Waals surface area contributed by atoms with Gasteiger partial charge in [-0.25, -0.2) is 0 Å². The Hall–Kier alpha value is -1.72. The van der Waals surface area contributed by atoms with Gasteiger partial charge in [0, 0.05) is 27.7 Å². The number of carbonyl (C=O) groups is 1. The fourth-order valence-electron chi connectivity index (χ4n) is 1.91. The third-order valence-electron chi connectivity index (χ3n) is 3.10. The van der Waals surface area contributed by atoms with Gasteiger partial charge < -0.3 is 14.8 Å². The molecule has 0 aliphatic rings. The topological polar surface area (TPSA) is 47.6 Å². The minimum Gasteiger partial charge on any atom is -0.493 e. The Morgan fingerprint density at radius 1 is 1.14 bits per heavy atom. The standard InChI is InChI=1S/C16H15BrClNO3/c1-21-14-7-11(13(18)8-15(14)22-2)9-19-16(20)10-3-5-12(17)6-4-10/h3-8H,9H2,1-2H3,(H,19,20). The molecule has 1 amide bonds. The molecule has 1 N–H and O–H groups in total. The molecule has 0 aromatic heterocycles. The fraction of sp³-hybridized carbons (Fsp3) is 0.188. The van der Waals surface area contributed by atoms with E-state index in [1.165, 1.54) is 0 Å². The van der Waals surface area contributed by atoms with E-state index in [0.717, 1.165) is 10.0 Å². The van der Waals surface area contributed by atoms with Gasteiger partial charge in [0.15, 0.2) is 11.5 Å². The van der Waals surface area contributed by atoms with Gasteiger partial charge in [-0.3, -0.25) is 4.79 Å². The number of benzene rings is 2. The number of hydrogen-bond donors (Lipinski definition) is 1. The summed E-state index contributed by atoms with van der Waals surface area (Å²) in [6.45, 7) is 0.300. The van der Waals surface area contributed by atoms with Crippen molar-refractivity contribution in [2.24, 2.45) is 0 Å². The largest absolute Gasteiger partial charge is 0.493 e. The molecule has 0 saturated heterocycles. The molecule has 2 aromatic carbocycles. The van der Waals surface area contributed by atoms with Crippen LogP contribution in [0.5, 0.6) is 11.5 Å². The van der Waals surface area contributed by atoms with Crippen molar-refractivity contribution in [3.05, 3.63) is 57.0 Å². The summed E-state index contributed by atoms with van der Waals surface area (Å²) in [5, 5.41) is 3.34. The number of rotatable bonds is 5. The molecule has 2 aromatic rings. The average Bonchev–Trinajstić information content (AvgIpc) is 2.53. The molecule has 0 saturated carbocycles. The van der Waals surface area contributed by atoms with Crippen LogP contribution in [0.2, 0.25) is 5.02 Å². The van der Waals surface area contributed by atoms with Crippen molar-refractivity contribution >= 4 is 33.4 Å². The number of methoxy groups -OCH3 is 2. The van der Waals surface area contributed by atoms with E-state index in [2.05, 4.69) is 21.2 Å². The van der Waals surface area contributed by atoms with E-state index in [0.29, 0.717) is 28.6 Å². The van der Waals surface area contributed by atoms with Crippen LogP contribution in [0.4, 0.5) is 0 Å². The highest BCUT2D eigenvalue weighted by Crippen LogP contribution is 2.33. The van der Waals surface area contributed by atoms with Gasteiger partial charge >= 0.3 is 0 Å². The van der Waals surface area contributed by atoms with Crippen LogP contribution in [0.1, 0.15) is 15.9 Å². The SMILES string of the molecule is COc1cc(Cl)c(CNC(=O)c2ccc(Br)cc2)cc1OC. The van der Waals surface area contributed by atoms with Crippen molar-refractivity contribution in [3.8, 4) is 11.5 Å². The number of ether oxygens (including phenoxy) is 2. The minimum absolute atomic E-state index is 0.168. The van der Waals surface area contributed by atoms with E-state index >= 15 is 0 Å². The zero-order valence-corrected chi connectivity index (χ0v) is 14.5. The quantitative estimate of drug-likeness (QED) is 0.846. The van der Waals surface area contributed by atoms with Crippen LogP contribution in [0, 0.1) is 0 Å². The highest BCUT2D eigenvalue weighted by Gasteiger charge is 2.11. The Balaban J connectivity index is 2.11. The molecule has 4 nitrogen and oxygen atoms in total. The molecule has 0 atom stereocenters. The second kappa shape index (κ2) is 7.51. The molecular formula is C16H15BrClNO3. The van der Waals surface area contributed by atoms with Crippen LogP contribution in [0.25, 0.3) is 0 Å². The van der Waals surface area contributed by atoms with Crippen LogP contribution in [-0.2, 0) is 6.54 Å². The van der Waals surface area contributed by atoms with Gasteiger partial charge in [-0.1, -0.05) is 27.5 Å². The molecule has 116 valence electrons. The first-order valence-electron chi connectivity index (χ1n) is 6.49. The first-order valence-corrected chi connectivity index (χ1v) is 7.66. The third-order valence-corrected chi connectivity index (χ3v) is 3.98. The zero-order chi connectivity index (χ0) is 16.1. The lowest BCUT2D eigenvalue weighted by molar-refractivity contribution is 0.0951. The molecule has 0 spiro atoms. The van der Waals surface area contributed by atoms with Gasteiger partial charge in [-0.2, -0.15) is 0 Å². The molecule has 22 heavy (non-hydrogen) atoms. The van der Waals surface area contributed by atoms with Crippen LogP contribution < -0.4 is 14.8 Å². The zero-order valence-electron chi connectivity index (χ0n) is 12.2. The lowest BCUT2D eigenvalue weighted by Gasteiger charge is -2.12. The summed E-state index contributed by atoms with van der Waals surface area (Å²) < 4.78 is 11.3. The molecule has 0 fully saturated rings. The molecule has 0 aliphatic heterocycles. The average molecular weight is 385 g/mol. The Kier molecular flexibility index (Phi) is 5.69. The third kappa shape index (κ3) is 3.93. The normalized spacial score (nSPS) is 10.2. The monoisotopic (exact) mass is 383 g/mol. The van der Waals surface area contributed by atoms with E-state index in [4.69, 9.17) is 21.1 Å². The maximum absolute atomic E-state index is 12.1. The van der Waals surface area contributed by atoms with Crippen molar-refractivity contribution in [2.45, 2.75) is 6.54 Å². The highest BCUT2D eigenvalue weighted by molar-refractivity contribution is 9.10. The smallest absolute Gasteiger partial charge is 0.251 e. The Labute approximate surface area is 142 Å². The van der Waals surface area contributed by atoms with Crippen molar-refractivity contribution in [1.82, 2.24) is 5.32 Å². The summed E-state index contributed by atoms with van der Waals surface area (Å²) in [7, 11) is 3.10. The van der Waals surface area contributed by atoms with E-state index in [-0.39, 0.29) is 5.91 Å². The second-order valence-corrected chi connectivity index (χ2v) is 5.81. The van der Waals surface area contributed by atoms with E-state index < -0.39 is 0 Å². The summed E-state index contributed by atoms with van der Waals surface area (Å²) >= 11 is 9.53. The minimum atomic E-state index is -0.168. The van der Waals surface area contributed by atoms with Gasteiger partial charge in [-0.15, -0.1) is 0 Å². The molecule has 0 unspecified atom stereocenters. The summed E-state index contributed by atoms with van der Waals surface area (Å²) in [5.74, 6) is 0.952. The van der Waals surface area contributed by atoms with Crippen molar-refractivity contribution in [3.63, 3.8) is 0 Å². The van der Waals surface area contributed by atoms with Crippen molar-refractivity contribution in [1.29, 1.82) is 0 Å². The Bertz CT molecular complexity index is 674. The van der Waals surface area contributed by atoms with Gasteiger partial charge in [0.25, 0.3) is 5.91 Å². The highest BCUT2D eigenvalue weighted by atomic mass is 79.9. The molecular weight excluding hydrogens is 370 g/mol. The lowest BCUT2D eigenvalue weighted by Crippen LogP contribution is -2.22. The number of nitrogens with one attached hydrogen (secondary N) is 1. The summed E-state index contributed by atoms with van der Waals surface area (Å²) in [5.41, 5.74) is 1.34. The van der Waals surface area contributed by atoms with Crippen LogP contribution in [0.3, 0.4) is 0 Å². The predicted molar refractivity (Wildman–Crippen MR) is 89.9 cm³/mol. The van der Waals surface area contributed by atoms with E-state index in [9.17, 15) is 4.79 Å². The van der Waals surface area contributed by atoms with Gasteiger partial charge in [-0.05, 0) is 35.9 Å². The van der Waals surface area contributed by atoms with Crippen LogP contribution in [0.15, 0.2) is 40.9 Å². The Morgan fingerprint density at radius 2 is 1.73 bits per heavy atom. The first kappa shape index (κ1) is 16.6. The lowest BCUT2D eigenvalue weighted by atomic mass is 10.1. The van der Waals surface area contributed by atoms with E-state index in [1.54, 1.807) is 38.5 Å². The van der Waals surface area contributed by atoms with E-state index in [1.807, 2.05) is 12.1 Å². The molecule has 0 heterocycles. The number of hydrogen-bond acceptors (Lipinski definition) is 3. The van der Waals surface area contributed by atoms with Crippen LogP contribution in [-0.4, -0.2) is 20.1 Å². The summed E-state index contributed by atoms with van der Waals surface area (Å²) in [6.07, 6.45) is 0. The van der Waals surface area contributed by atoms with Gasteiger partial charge in [0.2, 0.25) is 0 Å². The Morgan fingerprint density at radius 3 is 2.32 bits per heavy atom. The molecule has 0 aliphatic carbocycles. The molecule has 0 radical (unpaired) electrons. The number of amides is 1. The second-order valence-electron chi connectivity index (χ2n) is 4.49. The number of halogens is 2. The van der Waals surface area contributed by atoms with Crippen molar-refractivity contribution < 1.29 is 14.3 Å². The van der Waals surface area contributed by atoms with Crippen molar-refractivity contribution in [2.75, 3.05) is 14.2 Å². The molecule has 0 bridgehead atoms. The predicted octanol–water partition coefficient (Wildman–Crippen LogP) is 4.05. The summed E-state index contributed by atoms with van der Waals surface area (Å²) in [4.78, 5) is 12.1. The first-order chi connectivity index (χ1) is 10.5. The fourth-order valence-corrected chi connectivity index (χ4v) is 2.40. The van der Waals surface area contributed by atoms with Crippen LogP contribution >= 0.6 is 27.5 Å². The number of carbonyl (C=O) groups excluding carboxylic acids is 1. The molecule has 2 rings (SSSR count). The maximum atomic E-state index is 12.1. The maximum Gasteiger partial charge on any atom is 0.251 e. The van der Waals surface area contributed by atoms with Gasteiger partial charge in [0.1, 0.15) is 0 Å². The van der Waals surface area contributed by atoms with Gasteiger partial charge in [0.05, 0.1) is 14.2 Å².